The van der Waals surface area contributed by atoms with Crippen molar-refractivity contribution in [2.45, 2.75) is 32.7 Å². The molecular formula is C14H24N4O. The van der Waals surface area contributed by atoms with E-state index in [1.807, 2.05) is 12.1 Å². The van der Waals surface area contributed by atoms with Crippen LogP contribution < -0.4 is 10.6 Å². The maximum Gasteiger partial charge on any atom is 0.128 e. The van der Waals surface area contributed by atoms with Gasteiger partial charge in [-0.15, -0.1) is 0 Å². The molecule has 0 fully saturated rings. The first kappa shape index (κ1) is 15.4. The van der Waals surface area contributed by atoms with Gasteiger partial charge in [-0.3, -0.25) is 5.41 Å². The van der Waals surface area contributed by atoms with Gasteiger partial charge in [0.25, 0.3) is 0 Å². The third-order valence-corrected chi connectivity index (χ3v) is 3.27. The van der Waals surface area contributed by atoms with Crippen molar-refractivity contribution in [3.05, 3.63) is 23.9 Å². The highest BCUT2D eigenvalue weighted by atomic mass is 16.5. The van der Waals surface area contributed by atoms with Gasteiger partial charge in [-0.25, -0.2) is 4.98 Å². The molecule has 1 heterocycles. The second-order valence-electron chi connectivity index (χ2n) is 4.48. The van der Waals surface area contributed by atoms with E-state index in [-0.39, 0.29) is 5.84 Å². The van der Waals surface area contributed by atoms with Crippen LogP contribution in [0.2, 0.25) is 0 Å². The van der Waals surface area contributed by atoms with Gasteiger partial charge in [-0.05, 0) is 25.0 Å². The number of ether oxygens (including phenoxy) is 1. The first-order valence-corrected chi connectivity index (χ1v) is 6.70. The van der Waals surface area contributed by atoms with E-state index >= 15 is 0 Å². The Morgan fingerprint density at radius 2 is 2.11 bits per heavy atom. The predicted octanol–water partition coefficient (Wildman–Crippen LogP) is 2.01. The van der Waals surface area contributed by atoms with E-state index in [1.54, 1.807) is 13.3 Å². The third kappa shape index (κ3) is 4.21. The number of amidine groups is 1. The Bertz CT molecular complexity index is 387. The summed E-state index contributed by atoms with van der Waals surface area (Å²) in [6.07, 6.45) is 3.78. The van der Waals surface area contributed by atoms with Crippen LogP contribution in [0, 0.1) is 5.41 Å². The van der Waals surface area contributed by atoms with E-state index in [9.17, 15) is 0 Å². The molecule has 1 rings (SSSR count). The number of pyridine rings is 1. The van der Waals surface area contributed by atoms with Gasteiger partial charge in [-0.2, -0.15) is 0 Å². The van der Waals surface area contributed by atoms with Crippen molar-refractivity contribution in [1.29, 1.82) is 5.41 Å². The van der Waals surface area contributed by atoms with Crippen LogP contribution in [-0.2, 0) is 4.74 Å². The Kier molecular flexibility index (Phi) is 6.29. The normalized spacial score (nSPS) is 10.7. The van der Waals surface area contributed by atoms with Crippen molar-refractivity contribution >= 4 is 11.7 Å². The van der Waals surface area contributed by atoms with Crippen molar-refractivity contribution in [1.82, 2.24) is 4.98 Å². The van der Waals surface area contributed by atoms with Crippen LogP contribution in [0.3, 0.4) is 0 Å². The highest BCUT2D eigenvalue weighted by Crippen LogP contribution is 2.18. The van der Waals surface area contributed by atoms with Crippen LogP contribution in [0.25, 0.3) is 0 Å². The number of rotatable bonds is 8. The van der Waals surface area contributed by atoms with E-state index in [0.717, 1.165) is 25.2 Å². The summed E-state index contributed by atoms with van der Waals surface area (Å²) in [6.45, 7) is 5.84. The Balaban J connectivity index is 2.92. The fourth-order valence-corrected chi connectivity index (χ4v) is 2.12. The molecule has 0 aromatic carbocycles. The average Bonchev–Trinajstić information content (AvgIpc) is 2.43. The van der Waals surface area contributed by atoms with Crippen LogP contribution in [-0.4, -0.2) is 37.1 Å². The molecular weight excluding hydrogens is 240 g/mol. The number of anilines is 1. The molecule has 5 heteroatoms. The van der Waals surface area contributed by atoms with E-state index in [2.05, 4.69) is 23.7 Å². The molecule has 3 N–H and O–H groups in total. The summed E-state index contributed by atoms with van der Waals surface area (Å²) in [7, 11) is 1.71. The van der Waals surface area contributed by atoms with Gasteiger partial charge in [0.15, 0.2) is 0 Å². The number of nitrogens with one attached hydrogen (secondary N) is 1. The number of nitrogens with zero attached hydrogens (tertiary/aromatic N) is 2. The van der Waals surface area contributed by atoms with E-state index in [1.165, 1.54) is 0 Å². The summed E-state index contributed by atoms with van der Waals surface area (Å²) < 4.78 is 5.17. The molecule has 0 bridgehead atoms. The lowest BCUT2D eigenvalue weighted by atomic mass is 10.1. The van der Waals surface area contributed by atoms with Gasteiger partial charge in [0.05, 0.1) is 6.61 Å². The topological polar surface area (TPSA) is 75.2 Å². The number of methoxy groups -OCH3 is 1. The fraction of sp³-hybridized carbons (Fsp3) is 0.571. The Morgan fingerprint density at radius 1 is 1.42 bits per heavy atom. The molecule has 0 saturated carbocycles. The van der Waals surface area contributed by atoms with Gasteiger partial charge in [0.1, 0.15) is 11.7 Å². The van der Waals surface area contributed by atoms with Crippen LogP contribution in [0.15, 0.2) is 18.3 Å². The zero-order valence-electron chi connectivity index (χ0n) is 12.0. The molecule has 0 radical (unpaired) electrons. The lowest BCUT2D eigenvalue weighted by Gasteiger charge is -2.31. The summed E-state index contributed by atoms with van der Waals surface area (Å²) in [4.78, 5) is 6.68. The molecule has 0 aliphatic heterocycles. The molecule has 0 saturated heterocycles. The van der Waals surface area contributed by atoms with Gasteiger partial charge < -0.3 is 15.4 Å². The minimum atomic E-state index is 0.0463. The van der Waals surface area contributed by atoms with Crippen molar-refractivity contribution in [2.75, 3.05) is 25.2 Å². The Morgan fingerprint density at radius 3 is 2.53 bits per heavy atom. The molecule has 0 unspecified atom stereocenters. The van der Waals surface area contributed by atoms with Crippen LogP contribution in [0.5, 0.6) is 0 Å². The molecule has 1 aromatic rings. The summed E-state index contributed by atoms with van der Waals surface area (Å²) in [6, 6.07) is 4.21. The Labute approximate surface area is 115 Å². The van der Waals surface area contributed by atoms with Crippen molar-refractivity contribution in [2.24, 2.45) is 5.73 Å². The molecule has 19 heavy (non-hydrogen) atoms. The first-order valence-electron chi connectivity index (χ1n) is 6.70. The largest absolute Gasteiger partial charge is 0.384 e. The van der Waals surface area contributed by atoms with Crippen molar-refractivity contribution < 1.29 is 4.74 Å². The zero-order chi connectivity index (χ0) is 14.3. The van der Waals surface area contributed by atoms with E-state index in [4.69, 9.17) is 15.9 Å². The van der Waals surface area contributed by atoms with Gasteiger partial charge in [-0.1, -0.05) is 13.8 Å². The lowest BCUT2D eigenvalue weighted by Crippen LogP contribution is -2.37. The van der Waals surface area contributed by atoms with Crippen molar-refractivity contribution in [3.8, 4) is 0 Å². The second-order valence-corrected chi connectivity index (χ2v) is 4.48. The molecule has 106 valence electrons. The summed E-state index contributed by atoms with van der Waals surface area (Å²) in [5.41, 5.74) is 6.09. The fourth-order valence-electron chi connectivity index (χ4n) is 2.12. The highest BCUT2D eigenvalue weighted by molar-refractivity contribution is 5.94. The third-order valence-electron chi connectivity index (χ3n) is 3.27. The number of nitrogens with two attached hydrogens (primary N) is 1. The molecule has 5 nitrogen and oxygen atoms in total. The van der Waals surface area contributed by atoms with Crippen LogP contribution >= 0.6 is 0 Å². The minimum absolute atomic E-state index is 0.0463. The standard InChI is InChI=1S/C14H24N4O/c1-4-12(5-2)18(8-9-19-3)13-7-6-11(10-17-13)14(15)16/h6-7,10,12H,4-5,8-9H2,1-3H3,(H3,15,16). The van der Waals surface area contributed by atoms with Gasteiger partial charge in [0.2, 0.25) is 0 Å². The lowest BCUT2D eigenvalue weighted by molar-refractivity contribution is 0.202. The predicted molar refractivity (Wildman–Crippen MR) is 78.8 cm³/mol. The zero-order valence-corrected chi connectivity index (χ0v) is 12.0. The number of hydrogen-bond acceptors (Lipinski definition) is 4. The molecule has 1 aromatic heterocycles. The molecule has 0 aliphatic carbocycles. The quantitative estimate of drug-likeness (QED) is 0.556. The molecule has 0 aliphatic rings. The van der Waals surface area contributed by atoms with Gasteiger partial charge in [0, 0.05) is 31.5 Å². The maximum atomic E-state index is 7.39. The van der Waals surface area contributed by atoms with Gasteiger partial charge >= 0.3 is 0 Å². The number of nitrogen functional groups attached to an aromatic ring is 1. The average molecular weight is 264 g/mol. The van der Waals surface area contributed by atoms with E-state index in [0.29, 0.717) is 18.2 Å². The Hall–Kier alpha value is -1.62. The SMILES string of the molecule is CCC(CC)N(CCOC)c1ccc(C(=N)N)cn1. The minimum Gasteiger partial charge on any atom is -0.384 e. The smallest absolute Gasteiger partial charge is 0.128 e. The molecule has 0 spiro atoms. The first-order chi connectivity index (χ1) is 9.13. The molecule has 0 amide bonds. The van der Waals surface area contributed by atoms with Crippen molar-refractivity contribution in [3.63, 3.8) is 0 Å². The van der Waals surface area contributed by atoms with E-state index < -0.39 is 0 Å². The van der Waals surface area contributed by atoms with Crippen LogP contribution in [0.1, 0.15) is 32.3 Å². The summed E-state index contributed by atoms with van der Waals surface area (Å²) in [5, 5.41) is 7.39. The number of aromatic nitrogens is 1. The summed E-state index contributed by atoms with van der Waals surface area (Å²) >= 11 is 0. The summed E-state index contributed by atoms with van der Waals surface area (Å²) in [5.74, 6) is 0.959. The second kappa shape index (κ2) is 7.74. The van der Waals surface area contributed by atoms with Crippen LogP contribution in [0.4, 0.5) is 5.82 Å². The highest BCUT2D eigenvalue weighted by Gasteiger charge is 2.16. The molecule has 0 atom stereocenters. The monoisotopic (exact) mass is 264 g/mol. The number of hydrogen-bond donors (Lipinski definition) is 2. The maximum absolute atomic E-state index is 7.39.